The minimum absolute atomic E-state index is 0.255. The molecule has 2 atom stereocenters. The molecule has 1 saturated heterocycles. The molecule has 0 spiro atoms. The summed E-state index contributed by atoms with van der Waals surface area (Å²) in [6.07, 6.45) is 0. The first kappa shape index (κ1) is 15.3. The van der Waals surface area contributed by atoms with Crippen molar-refractivity contribution in [2.45, 2.75) is 19.0 Å². The molecule has 0 radical (unpaired) electrons. The predicted octanol–water partition coefficient (Wildman–Crippen LogP) is 3.15. The average molecular weight is 306 g/mol. The third kappa shape index (κ3) is 2.39. The molecule has 0 aliphatic carbocycles. The van der Waals surface area contributed by atoms with Gasteiger partial charge < -0.3 is 4.74 Å². The van der Waals surface area contributed by atoms with E-state index in [9.17, 15) is 10.1 Å². The molecule has 3 rings (SSSR count). The summed E-state index contributed by atoms with van der Waals surface area (Å²) in [5.74, 6) is -0.469. The molecule has 1 heterocycles. The minimum Gasteiger partial charge on any atom is -0.465 e. The van der Waals surface area contributed by atoms with E-state index in [1.807, 2.05) is 60.7 Å². The highest BCUT2D eigenvalue weighted by molar-refractivity contribution is 5.84. The first-order chi connectivity index (χ1) is 11.2. The molecule has 1 N–H and O–H groups in total. The molecule has 4 heteroatoms. The molecular weight excluding hydrogens is 288 g/mol. The average Bonchev–Trinajstić information content (AvgIpc) is 2.57. The van der Waals surface area contributed by atoms with Crippen LogP contribution >= 0.6 is 0 Å². The molecule has 2 aromatic rings. The van der Waals surface area contributed by atoms with Crippen LogP contribution in [0.5, 0.6) is 0 Å². The lowest BCUT2D eigenvalue weighted by Gasteiger charge is -2.50. The summed E-state index contributed by atoms with van der Waals surface area (Å²) < 4.78 is 5.24. The van der Waals surface area contributed by atoms with Crippen molar-refractivity contribution >= 4 is 5.97 Å². The minimum atomic E-state index is -1.25. The molecule has 116 valence electrons. The highest BCUT2D eigenvalue weighted by Gasteiger charge is 2.63. The zero-order chi connectivity index (χ0) is 16.3. The summed E-state index contributed by atoms with van der Waals surface area (Å²) >= 11 is 0. The molecule has 1 fully saturated rings. The molecule has 0 saturated carbocycles. The van der Waals surface area contributed by atoms with Gasteiger partial charge in [-0.3, -0.25) is 10.1 Å². The largest absolute Gasteiger partial charge is 0.465 e. The Kier molecular flexibility index (Phi) is 4.14. The van der Waals surface area contributed by atoms with Crippen LogP contribution in [-0.4, -0.2) is 12.6 Å². The standard InChI is InChI=1S/C19H18N2O2/c1-2-23-18(22)19(13-20)16(14-9-5-3-6-10-14)21-17(19)15-11-7-4-8-12-15/h3-12,16-17,21H,2H2,1H3. The third-order valence-electron chi connectivity index (χ3n) is 4.31. The SMILES string of the molecule is CCOC(=O)C1(C#N)C(c2ccccc2)NC1c1ccccc1. The number of carbonyl (C=O) groups excluding carboxylic acids is 1. The van der Waals surface area contributed by atoms with Crippen LogP contribution in [0.15, 0.2) is 60.7 Å². The Balaban J connectivity index is 2.04. The van der Waals surface area contributed by atoms with E-state index in [1.165, 1.54) is 0 Å². The molecule has 2 aromatic carbocycles. The van der Waals surface area contributed by atoms with Crippen molar-refractivity contribution in [1.82, 2.24) is 5.32 Å². The van der Waals surface area contributed by atoms with Gasteiger partial charge in [0.1, 0.15) is 0 Å². The maximum Gasteiger partial charge on any atom is 0.330 e. The van der Waals surface area contributed by atoms with Crippen molar-refractivity contribution in [3.05, 3.63) is 71.8 Å². The van der Waals surface area contributed by atoms with Crippen LogP contribution < -0.4 is 5.32 Å². The Bertz CT molecular complexity index is 677. The van der Waals surface area contributed by atoms with Crippen LogP contribution in [0.3, 0.4) is 0 Å². The van der Waals surface area contributed by atoms with E-state index in [0.29, 0.717) is 0 Å². The van der Waals surface area contributed by atoms with Crippen LogP contribution in [0, 0.1) is 16.7 Å². The number of hydrogen-bond donors (Lipinski definition) is 1. The van der Waals surface area contributed by atoms with E-state index in [4.69, 9.17) is 4.74 Å². The second-order valence-electron chi connectivity index (χ2n) is 5.56. The summed E-state index contributed by atoms with van der Waals surface area (Å²) in [5.41, 5.74) is 0.571. The van der Waals surface area contributed by atoms with Gasteiger partial charge in [-0.15, -0.1) is 0 Å². The monoisotopic (exact) mass is 306 g/mol. The highest BCUT2D eigenvalue weighted by atomic mass is 16.5. The van der Waals surface area contributed by atoms with E-state index < -0.39 is 11.4 Å². The van der Waals surface area contributed by atoms with Gasteiger partial charge in [0.15, 0.2) is 5.41 Å². The first-order valence-corrected chi connectivity index (χ1v) is 7.68. The van der Waals surface area contributed by atoms with Gasteiger partial charge >= 0.3 is 5.97 Å². The fourth-order valence-corrected chi connectivity index (χ4v) is 3.17. The molecule has 4 nitrogen and oxygen atoms in total. The summed E-state index contributed by atoms with van der Waals surface area (Å²) in [7, 11) is 0. The van der Waals surface area contributed by atoms with E-state index in [0.717, 1.165) is 11.1 Å². The number of nitriles is 1. The third-order valence-corrected chi connectivity index (χ3v) is 4.31. The van der Waals surface area contributed by atoms with Gasteiger partial charge in [0, 0.05) is 0 Å². The number of carbonyl (C=O) groups is 1. The molecule has 1 aliphatic heterocycles. The van der Waals surface area contributed by atoms with Crippen molar-refractivity contribution in [1.29, 1.82) is 5.26 Å². The molecule has 1 aliphatic rings. The maximum atomic E-state index is 12.7. The van der Waals surface area contributed by atoms with E-state index >= 15 is 0 Å². The zero-order valence-electron chi connectivity index (χ0n) is 12.9. The Labute approximate surface area is 135 Å². The maximum absolute atomic E-state index is 12.7. The number of benzene rings is 2. The quantitative estimate of drug-likeness (QED) is 0.881. The van der Waals surface area contributed by atoms with Crippen molar-refractivity contribution in [2.24, 2.45) is 5.41 Å². The lowest BCUT2D eigenvalue weighted by atomic mass is 9.63. The second-order valence-corrected chi connectivity index (χ2v) is 5.56. The van der Waals surface area contributed by atoms with Crippen LogP contribution in [0.4, 0.5) is 0 Å². The fourth-order valence-electron chi connectivity index (χ4n) is 3.17. The number of nitrogens with one attached hydrogen (secondary N) is 1. The van der Waals surface area contributed by atoms with Crippen LogP contribution in [-0.2, 0) is 9.53 Å². The van der Waals surface area contributed by atoms with Crippen LogP contribution in [0.25, 0.3) is 0 Å². The topological polar surface area (TPSA) is 62.1 Å². The van der Waals surface area contributed by atoms with Gasteiger partial charge in [-0.2, -0.15) is 5.26 Å². The van der Waals surface area contributed by atoms with E-state index in [2.05, 4.69) is 11.4 Å². The Morgan fingerprint density at radius 2 is 1.57 bits per heavy atom. The Morgan fingerprint density at radius 1 is 1.09 bits per heavy atom. The second kappa shape index (κ2) is 6.23. The molecular formula is C19H18N2O2. The number of nitrogens with zero attached hydrogens (tertiary/aromatic N) is 1. The van der Waals surface area contributed by atoms with Crippen molar-refractivity contribution < 1.29 is 9.53 Å². The van der Waals surface area contributed by atoms with Crippen molar-refractivity contribution in [3.8, 4) is 6.07 Å². The van der Waals surface area contributed by atoms with E-state index in [-0.39, 0.29) is 18.7 Å². The van der Waals surface area contributed by atoms with Gasteiger partial charge in [-0.25, -0.2) is 0 Å². The van der Waals surface area contributed by atoms with Gasteiger partial charge in [-0.1, -0.05) is 60.7 Å². The summed E-state index contributed by atoms with van der Waals surface area (Å²) in [6, 6.07) is 20.6. The molecule has 23 heavy (non-hydrogen) atoms. The summed E-state index contributed by atoms with van der Waals surface area (Å²) in [5, 5.41) is 13.3. The van der Waals surface area contributed by atoms with Gasteiger partial charge in [0.25, 0.3) is 0 Å². The van der Waals surface area contributed by atoms with Gasteiger partial charge in [0.05, 0.1) is 24.8 Å². The first-order valence-electron chi connectivity index (χ1n) is 7.68. The van der Waals surface area contributed by atoms with Crippen LogP contribution in [0.2, 0.25) is 0 Å². The van der Waals surface area contributed by atoms with E-state index in [1.54, 1.807) is 6.92 Å². The summed E-state index contributed by atoms with van der Waals surface area (Å²) in [6.45, 7) is 2.01. The van der Waals surface area contributed by atoms with Crippen molar-refractivity contribution in [2.75, 3.05) is 6.61 Å². The van der Waals surface area contributed by atoms with Crippen LogP contribution in [0.1, 0.15) is 30.1 Å². The highest BCUT2D eigenvalue weighted by Crippen LogP contribution is 2.54. The molecule has 0 aromatic heterocycles. The van der Waals surface area contributed by atoms with Gasteiger partial charge in [0.2, 0.25) is 0 Å². The lowest BCUT2D eigenvalue weighted by Crippen LogP contribution is -2.62. The number of hydrogen-bond acceptors (Lipinski definition) is 4. The summed E-state index contributed by atoms with van der Waals surface area (Å²) in [4.78, 5) is 12.7. The zero-order valence-corrected chi connectivity index (χ0v) is 12.9. The number of rotatable bonds is 4. The number of esters is 1. The Hall–Kier alpha value is -2.64. The predicted molar refractivity (Wildman–Crippen MR) is 86.2 cm³/mol. The normalized spacial score (nSPS) is 25.9. The fraction of sp³-hybridized carbons (Fsp3) is 0.263. The van der Waals surface area contributed by atoms with Gasteiger partial charge in [-0.05, 0) is 18.1 Å². The lowest BCUT2D eigenvalue weighted by molar-refractivity contribution is -0.162. The number of ether oxygens (including phenoxy) is 1. The Morgan fingerprint density at radius 3 is 1.96 bits per heavy atom. The smallest absolute Gasteiger partial charge is 0.330 e. The molecule has 0 amide bonds. The molecule has 0 bridgehead atoms. The molecule has 2 unspecified atom stereocenters. The van der Waals surface area contributed by atoms with Crippen molar-refractivity contribution in [3.63, 3.8) is 0 Å².